The van der Waals surface area contributed by atoms with Crippen molar-refractivity contribution in [2.45, 2.75) is 26.3 Å². The molecule has 0 fully saturated rings. The predicted molar refractivity (Wildman–Crippen MR) is 93.4 cm³/mol. The summed E-state index contributed by atoms with van der Waals surface area (Å²) in [6.45, 7) is 9.75. The van der Waals surface area contributed by atoms with Gasteiger partial charge in [-0.1, -0.05) is 42.0 Å². The van der Waals surface area contributed by atoms with Crippen molar-refractivity contribution in [1.82, 2.24) is 15.5 Å². The molecule has 0 aliphatic rings. The molecule has 0 atom stereocenters. The van der Waals surface area contributed by atoms with E-state index in [1.165, 1.54) is 0 Å². The summed E-state index contributed by atoms with van der Waals surface area (Å²) in [5, 5.41) is 13.3. The molecule has 1 aromatic carbocycles. The first kappa shape index (κ1) is 17.0. The van der Waals surface area contributed by atoms with Crippen LogP contribution in [0.15, 0.2) is 43.0 Å². The summed E-state index contributed by atoms with van der Waals surface area (Å²) >= 11 is 5.67. The van der Waals surface area contributed by atoms with Crippen molar-refractivity contribution < 1.29 is 4.79 Å². The van der Waals surface area contributed by atoms with E-state index in [0.717, 1.165) is 16.7 Å². The van der Waals surface area contributed by atoms with Crippen LogP contribution >= 0.6 is 11.6 Å². The fraction of sp³-hybridized carbons (Fsp3) is 0.235. The van der Waals surface area contributed by atoms with Gasteiger partial charge in [-0.15, -0.1) is 10.2 Å². The Labute approximate surface area is 140 Å². The van der Waals surface area contributed by atoms with Gasteiger partial charge in [0.15, 0.2) is 11.0 Å². The second-order valence-corrected chi connectivity index (χ2v) is 6.19. The third kappa shape index (κ3) is 4.53. The van der Waals surface area contributed by atoms with Gasteiger partial charge in [0.05, 0.1) is 5.54 Å². The smallest absolute Gasteiger partial charge is 0.321 e. The molecule has 2 aromatic rings. The average molecular weight is 331 g/mol. The van der Waals surface area contributed by atoms with E-state index < -0.39 is 5.54 Å². The normalized spacial score (nSPS) is 11.0. The molecule has 0 saturated heterocycles. The lowest BCUT2D eigenvalue weighted by Crippen LogP contribution is -2.43. The molecular weight excluding hydrogens is 312 g/mol. The van der Waals surface area contributed by atoms with Crippen molar-refractivity contribution in [2.24, 2.45) is 0 Å². The number of anilines is 1. The van der Waals surface area contributed by atoms with Crippen LogP contribution in [0.5, 0.6) is 0 Å². The Morgan fingerprint density at radius 3 is 2.57 bits per heavy atom. The molecular formula is C17H19ClN4O. The van der Waals surface area contributed by atoms with Crippen molar-refractivity contribution in [2.75, 3.05) is 5.32 Å². The van der Waals surface area contributed by atoms with Crippen molar-refractivity contribution in [3.05, 3.63) is 59.3 Å². The maximum atomic E-state index is 12.2. The molecule has 2 rings (SSSR count). The van der Waals surface area contributed by atoms with Gasteiger partial charge in [0, 0.05) is 0 Å². The highest BCUT2D eigenvalue weighted by atomic mass is 35.5. The quantitative estimate of drug-likeness (QED) is 0.882. The number of benzene rings is 1. The monoisotopic (exact) mass is 330 g/mol. The average Bonchev–Trinajstić information content (AvgIpc) is 2.49. The number of carbonyl (C=O) groups excluding carboxylic acids is 1. The van der Waals surface area contributed by atoms with Gasteiger partial charge in [0.2, 0.25) is 0 Å². The topological polar surface area (TPSA) is 66.9 Å². The predicted octanol–water partition coefficient (Wildman–Crippen LogP) is 4.22. The number of rotatable bonds is 4. The standard InChI is InChI=1S/C17H19ClN4O/c1-11(2)12-6-5-7-13(10-12)17(3,4)20-16(23)19-15-9-8-14(18)21-22-15/h5-10H,1H2,2-4H3,(H2,19,20,22,23). The Balaban J connectivity index is 2.10. The third-order valence-corrected chi connectivity index (χ3v) is 3.58. The minimum Gasteiger partial charge on any atom is -0.329 e. The molecule has 0 bridgehead atoms. The van der Waals surface area contributed by atoms with Gasteiger partial charge in [-0.3, -0.25) is 5.32 Å². The Morgan fingerprint density at radius 2 is 1.96 bits per heavy atom. The number of aromatic nitrogens is 2. The Morgan fingerprint density at radius 1 is 1.22 bits per heavy atom. The molecule has 0 aliphatic heterocycles. The number of hydrogen-bond acceptors (Lipinski definition) is 3. The number of carbonyl (C=O) groups is 1. The maximum Gasteiger partial charge on any atom is 0.321 e. The lowest BCUT2D eigenvalue weighted by atomic mass is 9.92. The van der Waals surface area contributed by atoms with Gasteiger partial charge in [-0.2, -0.15) is 0 Å². The first-order valence-electron chi connectivity index (χ1n) is 7.13. The highest BCUT2D eigenvalue weighted by Gasteiger charge is 2.23. The zero-order chi connectivity index (χ0) is 17.0. The van der Waals surface area contributed by atoms with Crippen molar-refractivity contribution >= 4 is 29.0 Å². The summed E-state index contributed by atoms with van der Waals surface area (Å²) in [4.78, 5) is 12.2. The molecule has 1 aromatic heterocycles. The molecule has 2 N–H and O–H groups in total. The number of urea groups is 1. The number of nitrogens with one attached hydrogen (secondary N) is 2. The van der Waals surface area contributed by atoms with E-state index in [-0.39, 0.29) is 11.2 Å². The Hall–Kier alpha value is -2.40. The number of amides is 2. The second-order valence-electron chi connectivity index (χ2n) is 5.81. The third-order valence-electron chi connectivity index (χ3n) is 3.38. The maximum absolute atomic E-state index is 12.2. The van der Waals surface area contributed by atoms with Crippen LogP contribution in [0.3, 0.4) is 0 Å². The minimum atomic E-state index is -0.560. The molecule has 0 saturated carbocycles. The van der Waals surface area contributed by atoms with Crippen LogP contribution in [0.4, 0.5) is 10.6 Å². The fourth-order valence-corrected chi connectivity index (χ4v) is 2.16. The molecule has 2 amide bonds. The molecule has 0 aliphatic carbocycles. The summed E-state index contributed by atoms with van der Waals surface area (Å²) in [5.41, 5.74) is 2.44. The largest absolute Gasteiger partial charge is 0.329 e. The van der Waals surface area contributed by atoms with Crippen molar-refractivity contribution in [3.63, 3.8) is 0 Å². The Kier molecular flexibility index (Phi) is 5.01. The van der Waals surface area contributed by atoms with Crippen LogP contribution in [0.2, 0.25) is 5.15 Å². The molecule has 23 heavy (non-hydrogen) atoms. The molecule has 0 unspecified atom stereocenters. The summed E-state index contributed by atoms with van der Waals surface area (Å²) in [6, 6.07) is 10.7. The summed E-state index contributed by atoms with van der Waals surface area (Å²) < 4.78 is 0. The van der Waals surface area contributed by atoms with E-state index in [2.05, 4.69) is 27.4 Å². The van der Waals surface area contributed by atoms with E-state index >= 15 is 0 Å². The van der Waals surface area contributed by atoms with Gasteiger partial charge >= 0.3 is 6.03 Å². The molecule has 120 valence electrons. The van der Waals surface area contributed by atoms with Crippen molar-refractivity contribution in [1.29, 1.82) is 0 Å². The summed E-state index contributed by atoms with van der Waals surface area (Å²) in [7, 11) is 0. The number of halogens is 1. The molecule has 1 heterocycles. The molecule has 5 nitrogen and oxygen atoms in total. The van der Waals surface area contributed by atoms with Crippen LogP contribution in [0.1, 0.15) is 31.9 Å². The SMILES string of the molecule is C=C(C)c1cccc(C(C)(C)NC(=O)Nc2ccc(Cl)nn2)c1. The second kappa shape index (κ2) is 6.79. The number of allylic oxidation sites excluding steroid dienone is 1. The zero-order valence-electron chi connectivity index (χ0n) is 13.4. The van der Waals surface area contributed by atoms with Gasteiger partial charge in [0.1, 0.15) is 0 Å². The van der Waals surface area contributed by atoms with Gasteiger partial charge in [0.25, 0.3) is 0 Å². The van der Waals surface area contributed by atoms with E-state index in [0.29, 0.717) is 5.82 Å². The number of hydrogen-bond donors (Lipinski definition) is 2. The first-order valence-corrected chi connectivity index (χ1v) is 7.50. The van der Waals surface area contributed by atoms with Crippen LogP contribution in [0.25, 0.3) is 5.57 Å². The van der Waals surface area contributed by atoms with Crippen LogP contribution in [-0.4, -0.2) is 16.2 Å². The lowest BCUT2D eigenvalue weighted by Gasteiger charge is -2.27. The lowest BCUT2D eigenvalue weighted by molar-refractivity contribution is 0.241. The first-order chi connectivity index (χ1) is 10.8. The summed E-state index contributed by atoms with van der Waals surface area (Å²) in [5.74, 6) is 0.332. The van der Waals surface area contributed by atoms with E-state index in [9.17, 15) is 4.79 Å². The molecule has 0 radical (unpaired) electrons. The molecule has 0 spiro atoms. The summed E-state index contributed by atoms with van der Waals surface area (Å²) in [6.07, 6.45) is 0. The highest BCUT2D eigenvalue weighted by molar-refractivity contribution is 6.29. The molecule has 6 heteroatoms. The van der Waals surface area contributed by atoms with E-state index in [1.807, 2.05) is 45.0 Å². The van der Waals surface area contributed by atoms with Crippen molar-refractivity contribution in [3.8, 4) is 0 Å². The van der Waals surface area contributed by atoms with Gasteiger partial charge in [-0.25, -0.2) is 4.79 Å². The highest BCUT2D eigenvalue weighted by Crippen LogP contribution is 2.23. The van der Waals surface area contributed by atoms with E-state index in [1.54, 1.807) is 12.1 Å². The van der Waals surface area contributed by atoms with Crippen LogP contribution < -0.4 is 10.6 Å². The van der Waals surface area contributed by atoms with Gasteiger partial charge in [-0.05, 0) is 50.1 Å². The van der Waals surface area contributed by atoms with Crippen LogP contribution in [-0.2, 0) is 5.54 Å². The van der Waals surface area contributed by atoms with Crippen LogP contribution in [0, 0.1) is 0 Å². The minimum absolute atomic E-state index is 0.271. The van der Waals surface area contributed by atoms with E-state index in [4.69, 9.17) is 11.6 Å². The zero-order valence-corrected chi connectivity index (χ0v) is 14.1. The Bertz CT molecular complexity index is 726. The van der Waals surface area contributed by atoms with Gasteiger partial charge < -0.3 is 5.32 Å². The fourth-order valence-electron chi connectivity index (χ4n) is 2.06. The number of nitrogens with zero attached hydrogens (tertiary/aromatic N) is 2.